The molecule has 6 heteroatoms. The highest BCUT2D eigenvalue weighted by atomic mass is 16.6. The van der Waals surface area contributed by atoms with Crippen LogP contribution in [0.1, 0.15) is 316 Å². The molecular formula is C65H116O6. The molecule has 0 spiro atoms. The average Bonchev–Trinajstić information content (AvgIpc) is 3.37. The standard InChI is InChI=1S/C65H116O6/c1-4-7-10-13-16-19-21-23-25-26-27-28-29-30-31-32-33-34-35-36-37-38-39-40-41-43-44-46-49-52-55-58-64(67)70-61-62(60-69-63(66)57-54-51-48-18-15-12-9-6-3)71-65(68)59-56-53-50-47-45-42-24-22-20-17-14-11-8-5-2/h7,10,16,19,23,25,27-28,30-31,62H,4-6,8-9,11-15,17-18,20-22,24,26,29,32-61H2,1-3H3/b10-7-,19-16-,25-23-,28-27-,31-30-. The molecule has 0 bridgehead atoms. The van der Waals surface area contributed by atoms with E-state index in [1.54, 1.807) is 0 Å². The predicted octanol–water partition coefficient (Wildman–Crippen LogP) is 20.8. The van der Waals surface area contributed by atoms with Crippen LogP contribution in [-0.2, 0) is 28.6 Å². The summed E-state index contributed by atoms with van der Waals surface area (Å²) >= 11 is 0. The molecule has 1 unspecified atom stereocenters. The Labute approximate surface area is 440 Å². The fourth-order valence-corrected chi connectivity index (χ4v) is 8.94. The molecule has 0 fully saturated rings. The van der Waals surface area contributed by atoms with Gasteiger partial charge in [0.2, 0.25) is 0 Å². The minimum Gasteiger partial charge on any atom is -0.462 e. The maximum absolute atomic E-state index is 12.8. The SMILES string of the molecule is CC/C=C\C/C=C\C/C=C\C/C=C\C/C=C\CCCCCCCCCCCCCCCCCC(=O)OCC(COC(=O)CCCCCCCCCC)OC(=O)CCCCCCCCCCCCCCCC. The molecule has 0 aliphatic heterocycles. The number of esters is 3. The van der Waals surface area contributed by atoms with Crippen molar-refractivity contribution < 1.29 is 28.6 Å². The minimum absolute atomic E-state index is 0.0684. The number of carbonyl (C=O) groups is 3. The number of carbonyl (C=O) groups excluding carboxylic acids is 3. The normalized spacial score (nSPS) is 12.4. The molecule has 0 aliphatic rings. The first-order chi connectivity index (χ1) is 35.0. The second-order valence-electron chi connectivity index (χ2n) is 20.6. The summed E-state index contributed by atoms with van der Waals surface area (Å²) in [7, 11) is 0. The van der Waals surface area contributed by atoms with Gasteiger partial charge in [-0.15, -0.1) is 0 Å². The Morgan fingerprint density at radius 2 is 0.549 bits per heavy atom. The molecule has 0 aromatic carbocycles. The minimum atomic E-state index is -0.767. The van der Waals surface area contributed by atoms with Crippen LogP contribution in [0.5, 0.6) is 0 Å². The lowest BCUT2D eigenvalue weighted by Gasteiger charge is -2.18. The Bertz CT molecular complexity index is 1280. The molecule has 0 aromatic heterocycles. The molecule has 0 N–H and O–H groups in total. The lowest BCUT2D eigenvalue weighted by Crippen LogP contribution is -2.30. The summed E-state index contributed by atoms with van der Waals surface area (Å²) in [6, 6.07) is 0. The zero-order valence-electron chi connectivity index (χ0n) is 47.2. The second-order valence-corrected chi connectivity index (χ2v) is 20.6. The van der Waals surface area contributed by atoms with Gasteiger partial charge in [0.05, 0.1) is 0 Å². The third-order valence-electron chi connectivity index (χ3n) is 13.5. The summed E-state index contributed by atoms with van der Waals surface area (Å²) in [6.45, 7) is 6.53. The first-order valence-corrected chi connectivity index (χ1v) is 30.8. The van der Waals surface area contributed by atoms with Gasteiger partial charge in [-0.3, -0.25) is 14.4 Å². The zero-order valence-corrected chi connectivity index (χ0v) is 47.2. The number of ether oxygens (including phenoxy) is 3. The summed E-state index contributed by atoms with van der Waals surface area (Å²) in [5.74, 6) is -0.857. The topological polar surface area (TPSA) is 78.9 Å². The molecule has 0 radical (unpaired) electrons. The van der Waals surface area contributed by atoms with Crippen LogP contribution in [0.25, 0.3) is 0 Å². The van der Waals surface area contributed by atoms with E-state index < -0.39 is 6.10 Å². The van der Waals surface area contributed by atoms with E-state index >= 15 is 0 Å². The summed E-state index contributed by atoms with van der Waals surface area (Å²) in [5.41, 5.74) is 0. The zero-order chi connectivity index (χ0) is 51.4. The van der Waals surface area contributed by atoms with Crippen LogP contribution in [0.2, 0.25) is 0 Å². The van der Waals surface area contributed by atoms with E-state index in [0.29, 0.717) is 19.3 Å². The fourth-order valence-electron chi connectivity index (χ4n) is 8.94. The van der Waals surface area contributed by atoms with Gasteiger partial charge in [0.25, 0.3) is 0 Å². The highest BCUT2D eigenvalue weighted by Gasteiger charge is 2.19. The van der Waals surface area contributed by atoms with Gasteiger partial charge in [0.1, 0.15) is 13.2 Å². The van der Waals surface area contributed by atoms with E-state index in [1.165, 1.54) is 186 Å². The van der Waals surface area contributed by atoms with Gasteiger partial charge in [0.15, 0.2) is 6.10 Å². The van der Waals surface area contributed by atoms with Crippen LogP contribution in [-0.4, -0.2) is 37.2 Å². The van der Waals surface area contributed by atoms with Gasteiger partial charge >= 0.3 is 17.9 Å². The summed E-state index contributed by atoms with van der Waals surface area (Å²) in [6.07, 6.45) is 75.3. The average molecular weight is 994 g/mol. The van der Waals surface area contributed by atoms with Gasteiger partial charge < -0.3 is 14.2 Å². The Kier molecular flexibility index (Phi) is 57.2. The van der Waals surface area contributed by atoms with Crippen LogP contribution in [0.15, 0.2) is 60.8 Å². The molecule has 0 aliphatic carbocycles. The summed E-state index contributed by atoms with van der Waals surface area (Å²) < 4.78 is 16.8. The van der Waals surface area contributed by atoms with Crippen LogP contribution < -0.4 is 0 Å². The van der Waals surface area contributed by atoms with Gasteiger partial charge in [0, 0.05) is 19.3 Å². The molecule has 0 aromatic rings. The maximum atomic E-state index is 12.8. The summed E-state index contributed by atoms with van der Waals surface area (Å²) in [4.78, 5) is 38.0. The van der Waals surface area contributed by atoms with Crippen molar-refractivity contribution in [2.75, 3.05) is 13.2 Å². The van der Waals surface area contributed by atoms with E-state index in [0.717, 1.165) is 89.9 Å². The number of rotatable bonds is 56. The van der Waals surface area contributed by atoms with Crippen molar-refractivity contribution in [1.82, 2.24) is 0 Å². The van der Waals surface area contributed by atoms with Crippen LogP contribution in [0.3, 0.4) is 0 Å². The van der Waals surface area contributed by atoms with E-state index in [-0.39, 0.29) is 31.1 Å². The molecule has 412 valence electrons. The highest BCUT2D eigenvalue weighted by Crippen LogP contribution is 2.17. The number of hydrogen-bond donors (Lipinski definition) is 0. The fraction of sp³-hybridized carbons (Fsp3) is 0.800. The Hall–Kier alpha value is -2.89. The largest absolute Gasteiger partial charge is 0.462 e. The van der Waals surface area contributed by atoms with Crippen molar-refractivity contribution in [2.24, 2.45) is 0 Å². The molecule has 0 saturated carbocycles. The van der Waals surface area contributed by atoms with Gasteiger partial charge in [-0.2, -0.15) is 0 Å². The van der Waals surface area contributed by atoms with Crippen LogP contribution in [0, 0.1) is 0 Å². The third-order valence-corrected chi connectivity index (χ3v) is 13.5. The van der Waals surface area contributed by atoms with Crippen LogP contribution >= 0.6 is 0 Å². The van der Waals surface area contributed by atoms with Gasteiger partial charge in [-0.1, -0.05) is 293 Å². The van der Waals surface area contributed by atoms with E-state index in [1.807, 2.05) is 0 Å². The van der Waals surface area contributed by atoms with Gasteiger partial charge in [-0.05, 0) is 64.2 Å². The maximum Gasteiger partial charge on any atom is 0.306 e. The Morgan fingerprint density at radius 3 is 0.859 bits per heavy atom. The van der Waals surface area contributed by atoms with Crippen molar-refractivity contribution in [3.05, 3.63) is 60.8 Å². The van der Waals surface area contributed by atoms with Crippen LogP contribution in [0.4, 0.5) is 0 Å². The first-order valence-electron chi connectivity index (χ1n) is 30.8. The monoisotopic (exact) mass is 993 g/mol. The molecule has 0 rings (SSSR count). The molecule has 6 nitrogen and oxygen atoms in total. The number of unbranched alkanes of at least 4 members (excludes halogenated alkanes) is 35. The van der Waals surface area contributed by atoms with Gasteiger partial charge in [-0.25, -0.2) is 0 Å². The summed E-state index contributed by atoms with van der Waals surface area (Å²) in [5, 5.41) is 0. The molecular weight excluding hydrogens is 877 g/mol. The molecule has 1 atom stereocenters. The van der Waals surface area contributed by atoms with Crippen molar-refractivity contribution in [1.29, 1.82) is 0 Å². The van der Waals surface area contributed by atoms with Crippen molar-refractivity contribution >= 4 is 17.9 Å². The van der Waals surface area contributed by atoms with E-state index in [9.17, 15) is 14.4 Å². The predicted molar refractivity (Wildman–Crippen MR) is 307 cm³/mol. The van der Waals surface area contributed by atoms with E-state index in [2.05, 4.69) is 81.5 Å². The van der Waals surface area contributed by atoms with Crippen molar-refractivity contribution in [3.8, 4) is 0 Å². The highest BCUT2D eigenvalue weighted by molar-refractivity contribution is 5.71. The molecule has 0 heterocycles. The Balaban J connectivity index is 4.05. The second kappa shape index (κ2) is 59.7. The molecule has 0 saturated heterocycles. The van der Waals surface area contributed by atoms with Crippen molar-refractivity contribution in [3.63, 3.8) is 0 Å². The quantitative estimate of drug-likeness (QED) is 0.0261. The first kappa shape index (κ1) is 68.1. The van der Waals surface area contributed by atoms with E-state index in [4.69, 9.17) is 14.2 Å². The molecule has 71 heavy (non-hydrogen) atoms. The Morgan fingerprint density at radius 1 is 0.296 bits per heavy atom. The lowest BCUT2D eigenvalue weighted by molar-refractivity contribution is -0.167. The molecule has 0 amide bonds. The smallest absolute Gasteiger partial charge is 0.306 e. The third kappa shape index (κ3) is 57.9. The number of allylic oxidation sites excluding steroid dienone is 10. The number of hydrogen-bond acceptors (Lipinski definition) is 6. The van der Waals surface area contributed by atoms with Crippen molar-refractivity contribution in [2.45, 2.75) is 322 Å². The lowest BCUT2D eigenvalue weighted by atomic mass is 10.0.